The van der Waals surface area contributed by atoms with E-state index in [-0.39, 0.29) is 5.91 Å². The minimum atomic E-state index is -0.191. The third-order valence-electron chi connectivity index (χ3n) is 2.54. The summed E-state index contributed by atoms with van der Waals surface area (Å²) in [5.41, 5.74) is 1.21. The number of amides is 1. The van der Waals surface area contributed by atoms with Crippen LogP contribution in [0.15, 0.2) is 48.5 Å². The molecule has 0 atom stereocenters. The van der Waals surface area contributed by atoms with Crippen molar-refractivity contribution in [1.82, 2.24) is 0 Å². The van der Waals surface area contributed by atoms with E-state index in [0.29, 0.717) is 28.6 Å². The Labute approximate surface area is 117 Å². The van der Waals surface area contributed by atoms with Crippen LogP contribution < -0.4 is 10.1 Å². The molecule has 2 aromatic carbocycles. The van der Waals surface area contributed by atoms with Gasteiger partial charge in [0.25, 0.3) is 5.91 Å². The fourth-order valence-electron chi connectivity index (χ4n) is 1.65. The Balaban J connectivity index is 2.16. The summed E-state index contributed by atoms with van der Waals surface area (Å²) < 4.78 is 5.46. The summed E-state index contributed by atoms with van der Waals surface area (Å²) in [6.45, 7) is 2.45. The van der Waals surface area contributed by atoms with Gasteiger partial charge in [-0.25, -0.2) is 0 Å². The smallest absolute Gasteiger partial charge is 0.255 e. The van der Waals surface area contributed by atoms with Gasteiger partial charge in [0.15, 0.2) is 0 Å². The maximum absolute atomic E-state index is 12.1. The van der Waals surface area contributed by atoms with Crippen LogP contribution in [0.1, 0.15) is 17.3 Å². The third-order valence-corrected chi connectivity index (χ3v) is 2.79. The van der Waals surface area contributed by atoms with Crippen molar-refractivity contribution in [2.75, 3.05) is 11.9 Å². The first-order valence-corrected chi connectivity index (χ1v) is 6.37. The van der Waals surface area contributed by atoms with Crippen LogP contribution in [0.25, 0.3) is 0 Å². The first kappa shape index (κ1) is 13.4. The fraction of sp³-hybridized carbons (Fsp3) is 0.133. The first-order valence-electron chi connectivity index (χ1n) is 5.99. The molecule has 0 aliphatic rings. The summed E-state index contributed by atoms with van der Waals surface area (Å²) in [6, 6.07) is 14.1. The zero-order valence-electron chi connectivity index (χ0n) is 10.5. The summed E-state index contributed by atoms with van der Waals surface area (Å²) >= 11 is 5.79. The molecule has 0 radical (unpaired) electrons. The van der Waals surface area contributed by atoms with E-state index in [2.05, 4.69) is 5.32 Å². The summed E-state index contributed by atoms with van der Waals surface area (Å²) in [5.74, 6) is 0.469. The van der Waals surface area contributed by atoms with Gasteiger partial charge in [-0.15, -0.1) is 0 Å². The molecule has 19 heavy (non-hydrogen) atoms. The topological polar surface area (TPSA) is 38.3 Å². The van der Waals surface area contributed by atoms with E-state index in [0.717, 1.165) is 0 Å². The lowest BCUT2D eigenvalue weighted by Crippen LogP contribution is -2.12. The van der Waals surface area contributed by atoms with Crippen LogP contribution in [0.3, 0.4) is 0 Å². The van der Waals surface area contributed by atoms with Crippen molar-refractivity contribution in [3.63, 3.8) is 0 Å². The molecule has 0 fully saturated rings. The fourth-order valence-corrected chi connectivity index (χ4v) is 1.77. The molecule has 98 valence electrons. The highest BCUT2D eigenvalue weighted by Crippen LogP contribution is 2.24. The van der Waals surface area contributed by atoms with Gasteiger partial charge in [0.1, 0.15) is 5.75 Å². The van der Waals surface area contributed by atoms with Gasteiger partial charge >= 0.3 is 0 Å². The zero-order chi connectivity index (χ0) is 13.7. The van der Waals surface area contributed by atoms with Crippen molar-refractivity contribution in [2.24, 2.45) is 0 Å². The summed E-state index contributed by atoms with van der Waals surface area (Å²) in [7, 11) is 0. The number of nitrogens with one attached hydrogen (secondary N) is 1. The number of carbonyl (C=O) groups excluding carboxylic acids is 1. The average molecular weight is 276 g/mol. The maximum Gasteiger partial charge on any atom is 0.255 e. The predicted octanol–water partition coefficient (Wildman–Crippen LogP) is 3.99. The van der Waals surface area contributed by atoms with Crippen LogP contribution in [-0.4, -0.2) is 12.5 Å². The van der Waals surface area contributed by atoms with Gasteiger partial charge in [0.2, 0.25) is 0 Å². The number of hydrogen-bond acceptors (Lipinski definition) is 2. The molecule has 2 aromatic rings. The van der Waals surface area contributed by atoms with Crippen molar-refractivity contribution in [3.05, 3.63) is 59.1 Å². The second-order valence-corrected chi connectivity index (χ2v) is 4.33. The SMILES string of the molecule is CCOc1ccccc1NC(=O)c1ccc(Cl)cc1. The summed E-state index contributed by atoms with van der Waals surface area (Å²) in [5, 5.41) is 3.43. The van der Waals surface area contributed by atoms with Crippen molar-refractivity contribution >= 4 is 23.2 Å². The molecule has 2 rings (SSSR count). The van der Waals surface area contributed by atoms with E-state index >= 15 is 0 Å². The lowest BCUT2D eigenvalue weighted by molar-refractivity contribution is 0.102. The Morgan fingerprint density at radius 2 is 1.84 bits per heavy atom. The van der Waals surface area contributed by atoms with Gasteiger partial charge in [-0.05, 0) is 43.3 Å². The number of anilines is 1. The molecule has 0 saturated carbocycles. The van der Waals surface area contributed by atoms with E-state index in [4.69, 9.17) is 16.3 Å². The summed E-state index contributed by atoms with van der Waals surface area (Å²) in [6.07, 6.45) is 0. The molecular formula is C15H14ClNO2. The van der Waals surface area contributed by atoms with Gasteiger partial charge in [0, 0.05) is 10.6 Å². The number of hydrogen-bond donors (Lipinski definition) is 1. The quantitative estimate of drug-likeness (QED) is 0.916. The zero-order valence-corrected chi connectivity index (χ0v) is 11.3. The Kier molecular flexibility index (Phi) is 4.42. The lowest BCUT2D eigenvalue weighted by Gasteiger charge is -2.11. The molecule has 0 aromatic heterocycles. The molecule has 4 heteroatoms. The van der Waals surface area contributed by atoms with Crippen molar-refractivity contribution in [2.45, 2.75) is 6.92 Å². The molecule has 0 bridgehead atoms. The Morgan fingerprint density at radius 3 is 2.53 bits per heavy atom. The number of halogens is 1. The molecule has 0 saturated heterocycles. The average Bonchev–Trinajstić information content (AvgIpc) is 2.42. The van der Waals surface area contributed by atoms with Gasteiger partial charge < -0.3 is 10.1 Å². The number of ether oxygens (including phenoxy) is 1. The van der Waals surface area contributed by atoms with Crippen molar-refractivity contribution < 1.29 is 9.53 Å². The second-order valence-electron chi connectivity index (χ2n) is 3.89. The standard InChI is InChI=1S/C15H14ClNO2/c1-2-19-14-6-4-3-5-13(14)17-15(18)11-7-9-12(16)10-8-11/h3-10H,2H2,1H3,(H,17,18). The van der Waals surface area contributed by atoms with Crippen LogP contribution >= 0.6 is 11.6 Å². The molecule has 1 amide bonds. The normalized spacial score (nSPS) is 10.0. The summed E-state index contributed by atoms with van der Waals surface area (Å²) in [4.78, 5) is 12.1. The second kappa shape index (κ2) is 6.25. The Morgan fingerprint density at radius 1 is 1.16 bits per heavy atom. The first-order chi connectivity index (χ1) is 9.20. The van der Waals surface area contributed by atoms with Gasteiger partial charge in [-0.3, -0.25) is 4.79 Å². The molecule has 3 nitrogen and oxygen atoms in total. The van der Waals surface area contributed by atoms with Crippen LogP contribution in [0.4, 0.5) is 5.69 Å². The maximum atomic E-state index is 12.1. The van der Waals surface area contributed by atoms with Crippen molar-refractivity contribution in [3.8, 4) is 5.75 Å². The van der Waals surface area contributed by atoms with Crippen molar-refractivity contribution in [1.29, 1.82) is 0 Å². The van der Waals surface area contributed by atoms with Crippen LogP contribution in [0.2, 0.25) is 5.02 Å². The molecule has 0 aliphatic carbocycles. The number of carbonyl (C=O) groups is 1. The number of rotatable bonds is 4. The third kappa shape index (κ3) is 3.48. The Hall–Kier alpha value is -2.00. The highest BCUT2D eigenvalue weighted by molar-refractivity contribution is 6.30. The van der Waals surface area contributed by atoms with E-state index in [1.807, 2.05) is 25.1 Å². The van der Waals surface area contributed by atoms with Gasteiger partial charge in [-0.2, -0.15) is 0 Å². The van der Waals surface area contributed by atoms with Crippen LogP contribution in [0.5, 0.6) is 5.75 Å². The van der Waals surface area contributed by atoms with E-state index in [9.17, 15) is 4.79 Å². The van der Waals surface area contributed by atoms with Gasteiger partial charge in [0.05, 0.1) is 12.3 Å². The lowest BCUT2D eigenvalue weighted by atomic mass is 10.2. The van der Waals surface area contributed by atoms with Crippen LogP contribution in [-0.2, 0) is 0 Å². The highest BCUT2D eigenvalue weighted by atomic mass is 35.5. The van der Waals surface area contributed by atoms with E-state index in [1.54, 1.807) is 30.3 Å². The molecule has 1 N–H and O–H groups in total. The molecule has 0 unspecified atom stereocenters. The van der Waals surface area contributed by atoms with E-state index < -0.39 is 0 Å². The predicted molar refractivity (Wildman–Crippen MR) is 77.0 cm³/mol. The minimum absolute atomic E-state index is 0.191. The molecule has 0 aliphatic heterocycles. The molecular weight excluding hydrogens is 262 g/mol. The largest absolute Gasteiger partial charge is 0.492 e. The molecule has 0 heterocycles. The minimum Gasteiger partial charge on any atom is -0.492 e. The van der Waals surface area contributed by atoms with Gasteiger partial charge in [-0.1, -0.05) is 23.7 Å². The molecule has 0 spiro atoms. The van der Waals surface area contributed by atoms with Crippen LogP contribution in [0, 0.1) is 0 Å². The monoisotopic (exact) mass is 275 g/mol. The number of benzene rings is 2. The van der Waals surface area contributed by atoms with E-state index in [1.165, 1.54) is 0 Å². The number of para-hydroxylation sites is 2. The Bertz CT molecular complexity index is 567. The highest BCUT2D eigenvalue weighted by Gasteiger charge is 2.09.